The molecule has 0 aliphatic carbocycles. The standard InChI is InChI=1S/C19H20O2.2C2H6/c1-11-7-6-8-12(2)16(11)19(21)18-14(4)10-9-13(3)17(18)15(5)20;2*1-2/h6-10H,1-5H3;2*1-2H3. The van der Waals surface area contributed by atoms with Gasteiger partial charge >= 0.3 is 0 Å². The second-order valence-corrected chi connectivity index (χ2v) is 5.60. The molecule has 0 saturated carbocycles. The average Bonchev–Trinajstić information content (AvgIpc) is 2.59. The van der Waals surface area contributed by atoms with E-state index in [9.17, 15) is 9.59 Å². The second kappa shape index (κ2) is 10.6. The van der Waals surface area contributed by atoms with Gasteiger partial charge in [-0.1, -0.05) is 58.0 Å². The van der Waals surface area contributed by atoms with Crippen molar-refractivity contribution in [3.63, 3.8) is 0 Å². The normalized spacial score (nSPS) is 9.32. The van der Waals surface area contributed by atoms with Crippen LogP contribution in [0.1, 0.15) is 83.2 Å². The molecule has 0 bridgehead atoms. The van der Waals surface area contributed by atoms with Crippen molar-refractivity contribution in [1.82, 2.24) is 0 Å². The van der Waals surface area contributed by atoms with Crippen LogP contribution < -0.4 is 0 Å². The molecule has 0 N–H and O–H groups in total. The number of rotatable bonds is 3. The predicted molar refractivity (Wildman–Crippen MR) is 108 cm³/mol. The number of hydrogen-bond acceptors (Lipinski definition) is 2. The quantitative estimate of drug-likeness (QED) is 0.605. The Morgan fingerprint density at radius 2 is 0.960 bits per heavy atom. The molecular formula is C23H32O2. The van der Waals surface area contributed by atoms with Crippen LogP contribution in [0.5, 0.6) is 0 Å². The number of benzene rings is 2. The van der Waals surface area contributed by atoms with E-state index in [0.29, 0.717) is 16.7 Å². The Balaban J connectivity index is 0.00000134. The van der Waals surface area contributed by atoms with Crippen LogP contribution in [-0.4, -0.2) is 11.6 Å². The molecule has 0 unspecified atom stereocenters. The minimum absolute atomic E-state index is 0.0583. The van der Waals surface area contributed by atoms with E-state index in [1.165, 1.54) is 6.92 Å². The first-order valence-electron chi connectivity index (χ1n) is 9.06. The summed E-state index contributed by atoms with van der Waals surface area (Å²) in [5.41, 5.74) is 5.36. The largest absolute Gasteiger partial charge is 0.294 e. The zero-order chi connectivity index (χ0) is 19.7. The molecule has 0 aliphatic rings. The molecule has 0 heterocycles. The highest BCUT2D eigenvalue weighted by Crippen LogP contribution is 2.25. The van der Waals surface area contributed by atoms with Crippen LogP contribution in [-0.2, 0) is 0 Å². The summed E-state index contributed by atoms with van der Waals surface area (Å²) in [5, 5.41) is 0. The van der Waals surface area contributed by atoms with Crippen LogP contribution in [0.4, 0.5) is 0 Å². The van der Waals surface area contributed by atoms with Crippen molar-refractivity contribution in [3.05, 3.63) is 69.3 Å². The molecule has 0 aromatic heterocycles. The van der Waals surface area contributed by atoms with Crippen LogP contribution in [0.3, 0.4) is 0 Å². The highest BCUT2D eigenvalue weighted by Gasteiger charge is 2.22. The minimum atomic E-state index is -0.0641. The summed E-state index contributed by atoms with van der Waals surface area (Å²) in [6, 6.07) is 9.60. The Morgan fingerprint density at radius 1 is 0.600 bits per heavy atom. The molecule has 25 heavy (non-hydrogen) atoms. The lowest BCUT2D eigenvalue weighted by atomic mass is 9.87. The predicted octanol–water partition coefficient (Wildman–Crippen LogP) is 6.41. The van der Waals surface area contributed by atoms with Gasteiger partial charge < -0.3 is 0 Å². The Hall–Kier alpha value is -2.22. The number of aryl methyl sites for hydroxylation is 4. The van der Waals surface area contributed by atoms with Gasteiger partial charge in [-0.2, -0.15) is 0 Å². The number of ketones is 2. The van der Waals surface area contributed by atoms with Gasteiger partial charge in [0.1, 0.15) is 0 Å². The smallest absolute Gasteiger partial charge is 0.194 e. The number of hydrogen-bond donors (Lipinski definition) is 0. The third-order valence-corrected chi connectivity index (χ3v) is 3.91. The third-order valence-electron chi connectivity index (χ3n) is 3.91. The third kappa shape index (κ3) is 5.12. The van der Waals surface area contributed by atoms with Crippen LogP contribution in [0, 0.1) is 27.7 Å². The maximum absolute atomic E-state index is 13.0. The number of carbonyl (C=O) groups is 2. The topological polar surface area (TPSA) is 34.1 Å². The van der Waals surface area contributed by atoms with Crippen LogP contribution in [0.15, 0.2) is 30.3 Å². The van der Waals surface area contributed by atoms with Crippen molar-refractivity contribution in [2.24, 2.45) is 0 Å². The van der Waals surface area contributed by atoms with Gasteiger partial charge in [0.2, 0.25) is 0 Å². The van der Waals surface area contributed by atoms with Crippen molar-refractivity contribution < 1.29 is 9.59 Å². The van der Waals surface area contributed by atoms with E-state index in [2.05, 4.69) is 0 Å². The number of carbonyl (C=O) groups excluding carboxylic acids is 2. The maximum Gasteiger partial charge on any atom is 0.194 e. The van der Waals surface area contributed by atoms with Gasteiger partial charge in [-0.25, -0.2) is 0 Å². The van der Waals surface area contributed by atoms with Crippen molar-refractivity contribution in [3.8, 4) is 0 Å². The Bertz CT molecular complexity index is 720. The molecule has 0 aliphatic heterocycles. The summed E-state index contributed by atoms with van der Waals surface area (Å²) in [4.78, 5) is 25.0. The maximum atomic E-state index is 13.0. The summed E-state index contributed by atoms with van der Waals surface area (Å²) >= 11 is 0. The molecule has 0 amide bonds. The summed E-state index contributed by atoms with van der Waals surface area (Å²) in [5.74, 6) is -0.122. The molecule has 0 radical (unpaired) electrons. The van der Waals surface area contributed by atoms with Crippen molar-refractivity contribution in [1.29, 1.82) is 0 Å². The van der Waals surface area contributed by atoms with Gasteiger partial charge in [-0.05, 0) is 56.9 Å². The summed E-state index contributed by atoms with van der Waals surface area (Å²) < 4.78 is 0. The van der Waals surface area contributed by atoms with E-state index in [-0.39, 0.29) is 11.6 Å². The first-order valence-corrected chi connectivity index (χ1v) is 9.06. The summed E-state index contributed by atoms with van der Waals surface area (Å²) in [6.45, 7) is 17.1. The van der Waals surface area contributed by atoms with E-state index in [1.807, 2.05) is 85.7 Å². The van der Waals surface area contributed by atoms with Crippen LogP contribution in [0.2, 0.25) is 0 Å². The number of Topliss-reactive ketones (excluding diaryl/α,β-unsaturated/α-hetero) is 1. The monoisotopic (exact) mass is 340 g/mol. The van der Waals surface area contributed by atoms with Crippen LogP contribution in [0.25, 0.3) is 0 Å². The van der Waals surface area contributed by atoms with Gasteiger partial charge in [-0.15, -0.1) is 0 Å². The van der Waals surface area contributed by atoms with Gasteiger partial charge in [0.05, 0.1) is 0 Å². The van der Waals surface area contributed by atoms with Gasteiger partial charge in [0.15, 0.2) is 11.6 Å². The van der Waals surface area contributed by atoms with E-state index >= 15 is 0 Å². The Labute approximate surface area is 153 Å². The molecule has 2 rings (SSSR count). The van der Waals surface area contributed by atoms with Gasteiger partial charge in [0, 0.05) is 16.7 Å². The minimum Gasteiger partial charge on any atom is -0.294 e. The molecule has 136 valence electrons. The van der Waals surface area contributed by atoms with E-state index < -0.39 is 0 Å². The van der Waals surface area contributed by atoms with Gasteiger partial charge in [-0.3, -0.25) is 9.59 Å². The molecule has 0 atom stereocenters. The SMILES string of the molecule is CC.CC.CC(=O)c1c(C)ccc(C)c1C(=O)c1c(C)cccc1C. The molecule has 2 nitrogen and oxygen atoms in total. The highest BCUT2D eigenvalue weighted by atomic mass is 16.1. The van der Waals surface area contributed by atoms with Crippen molar-refractivity contribution in [2.45, 2.75) is 62.3 Å². The van der Waals surface area contributed by atoms with Crippen molar-refractivity contribution >= 4 is 11.6 Å². The Kier molecular flexibility index (Phi) is 9.66. The first kappa shape index (κ1) is 22.8. The fraction of sp³-hybridized carbons (Fsp3) is 0.391. The second-order valence-electron chi connectivity index (χ2n) is 5.60. The lowest BCUT2D eigenvalue weighted by Gasteiger charge is -2.15. The first-order chi connectivity index (χ1) is 11.8. The summed E-state index contributed by atoms with van der Waals surface area (Å²) in [6.07, 6.45) is 0. The zero-order valence-corrected chi connectivity index (χ0v) is 17.2. The fourth-order valence-electron chi connectivity index (χ4n) is 2.85. The van der Waals surface area contributed by atoms with E-state index in [4.69, 9.17) is 0 Å². The fourth-order valence-corrected chi connectivity index (χ4v) is 2.85. The average molecular weight is 341 g/mol. The zero-order valence-electron chi connectivity index (χ0n) is 17.2. The molecule has 2 aromatic rings. The highest BCUT2D eigenvalue weighted by molar-refractivity contribution is 6.17. The molecule has 2 aromatic carbocycles. The summed E-state index contributed by atoms with van der Waals surface area (Å²) in [7, 11) is 0. The van der Waals surface area contributed by atoms with E-state index in [0.717, 1.165) is 22.3 Å². The lowest BCUT2D eigenvalue weighted by molar-refractivity contribution is 0.0988. The molecule has 0 fully saturated rings. The molecule has 0 spiro atoms. The molecular weight excluding hydrogens is 308 g/mol. The van der Waals surface area contributed by atoms with Crippen LogP contribution >= 0.6 is 0 Å². The molecule has 0 saturated heterocycles. The molecule has 2 heteroatoms. The Morgan fingerprint density at radius 3 is 1.36 bits per heavy atom. The van der Waals surface area contributed by atoms with Crippen molar-refractivity contribution in [2.75, 3.05) is 0 Å². The van der Waals surface area contributed by atoms with Gasteiger partial charge in [0.25, 0.3) is 0 Å². The van der Waals surface area contributed by atoms with E-state index in [1.54, 1.807) is 0 Å². The lowest BCUT2D eigenvalue weighted by Crippen LogP contribution is -2.14.